The number of aryl methyl sites for hydroxylation is 1. The van der Waals surface area contributed by atoms with Gasteiger partial charge < -0.3 is 15.1 Å². The van der Waals surface area contributed by atoms with E-state index < -0.39 is 5.66 Å². The van der Waals surface area contributed by atoms with Crippen molar-refractivity contribution in [2.45, 2.75) is 25.4 Å². The number of carbonyl (C=O) groups is 2. The molecule has 2 aromatic carbocycles. The maximum Gasteiger partial charge on any atom is 0.255 e. The topological polar surface area (TPSA) is 52.7 Å². The van der Waals surface area contributed by atoms with Crippen molar-refractivity contribution in [3.8, 4) is 0 Å². The van der Waals surface area contributed by atoms with Crippen LogP contribution in [0.3, 0.4) is 0 Å². The number of hydrogen-bond acceptors (Lipinski definition) is 3. The third kappa shape index (κ3) is 2.95. The lowest BCUT2D eigenvalue weighted by molar-refractivity contribution is 0.0609. The van der Waals surface area contributed by atoms with Crippen molar-refractivity contribution in [1.82, 2.24) is 10.2 Å². The summed E-state index contributed by atoms with van der Waals surface area (Å²) in [4.78, 5) is 29.2. The summed E-state index contributed by atoms with van der Waals surface area (Å²) in [7, 11) is 1.99. The number of benzene rings is 2. The SMILES string of the molecule is Cc1ccc2c(c1)C(=O)NC1(CCN(C(=O)c3ccc(F)cc3)CC1)N2C. The molecule has 0 radical (unpaired) electrons. The van der Waals surface area contributed by atoms with Crippen molar-refractivity contribution >= 4 is 17.5 Å². The van der Waals surface area contributed by atoms with Gasteiger partial charge in [0.1, 0.15) is 11.5 Å². The molecule has 0 bridgehead atoms. The molecule has 140 valence electrons. The lowest BCUT2D eigenvalue weighted by Gasteiger charge is -2.51. The quantitative estimate of drug-likeness (QED) is 0.843. The van der Waals surface area contributed by atoms with Crippen LogP contribution in [0.5, 0.6) is 0 Å². The number of anilines is 1. The van der Waals surface area contributed by atoms with Gasteiger partial charge in [0.05, 0.1) is 11.3 Å². The number of likely N-dealkylation sites (tertiary alicyclic amines) is 1. The lowest BCUT2D eigenvalue weighted by Crippen LogP contribution is -2.67. The Kier molecular flexibility index (Phi) is 4.13. The molecule has 2 amide bonds. The Balaban J connectivity index is 1.53. The molecule has 0 aliphatic carbocycles. The fraction of sp³-hybridized carbons (Fsp3) is 0.333. The zero-order valence-electron chi connectivity index (χ0n) is 15.5. The predicted molar refractivity (Wildman–Crippen MR) is 101 cm³/mol. The van der Waals surface area contributed by atoms with Crippen molar-refractivity contribution in [1.29, 1.82) is 0 Å². The summed E-state index contributed by atoms with van der Waals surface area (Å²) in [6, 6.07) is 11.5. The normalized spacial score (nSPS) is 18.3. The summed E-state index contributed by atoms with van der Waals surface area (Å²) in [6.45, 7) is 3.03. The minimum absolute atomic E-state index is 0.0647. The van der Waals surface area contributed by atoms with Crippen molar-refractivity contribution in [3.05, 3.63) is 65.0 Å². The smallest absolute Gasteiger partial charge is 0.255 e. The molecule has 0 saturated carbocycles. The van der Waals surface area contributed by atoms with Gasteiger partial charge >= 0.3 is 0 Å². The molecule has 2 aliphatic heterocycles. The Labute approximate surface area is 157 Å². The van der Waals surface area contributed by atoms with E-state index in [1.165, 1.54) is 24.3 Å². The number of carbonyl (C=O) groups excluding carboxylic acids is 2. The Morgan fingerprint density at radius 3 is 2.44 bits per heavy atom. The van der Waals surface area contributed by atoms with Gasteiger partial charge in [-0.05, 0) is 43.3 Å². The number of fused-ring (bicyclic) bond motifs is 1. The molecule has 1 N–H and O–H groups in total. The lowest BCUT2D eigenvalue weighted by atomic mass is 9.90. The van der Waals surface area contributed by atoms with E-state index in [0.717, 1.165) is 11.3 Å². The highest BCUT2D eigenvalue weighted by atomic mass is 19.1. The monoisotopic (exact) mass is 367 g/mol. The zero-order chi connectivity index (χ0) is 19.2. The van der Waals surface area contributed by atoms with Gasteiger partial charge in [0.15, 0.2) is 0 Å². The van der Waals surface area contributed by atoms with Crippen LogP contribution in [0.15, 0.2) is 42.5 Å². The van der Waals surface area contributed by atoms with Crippen LogP contribution in [0.2, 0.25) is 0 Å². The van der Waals surface area contributed by atoms with E-state index in [0.29, 0.717) is 37.1 Å². The molecule has 5 nitrogen and oxygen atoms in total. The van der Waals surface area contributed by atoms with Gasteiger partial charge in [-0.15, -0.1) is 0 Å². The first-order valence-electron chi connectivity index (χ1n) is 9.11. The van der Waals surface area contributed by atoms with E-state index in [1.807, 2.05) is 32.2 Å². The number of amides is 2. The minimum Gasteiger partial charge on any atom is -0.351 e. The summed E-state index contributed by atoms with van der Waals surface area (Å²) < 4.78 is 13.1. The highest BCUT2D eigenvalue weighted by Gasteiger charge is 2.44. The van der Waals surface area contributed by atoms with Gasteiger partial charge in [-0.3, -0.25) is 9.59 Å². The molecule has 2 aromatic rings. The molecule has 0 aromatic heterocycles. The van der Waals surface area contributed by atoms with Crippen molar-refractivity contribution < 1.29 is 14.0 Å². The molecule has 27 heavy (non-hydrogen) atoms. The van der Waals surface area contributed by atoms with Crippen LogP contribution in [0, 0.1) is 12.7 Å². The second-order valence-corrected chi connectivity index (χ2v) is 7.36. The molecule has 1 fully saturated rings. The fourth-order valence-electron chi connectivity index (χ4n) is 4.03. The average molecular weight is 367 g/mol. The van der Waals surface area contributed by atoms with E-state index in [2.05, 4.69) is 10.2 Å². The molecule has 2 heterocycles. The molecular formula is C21H22FN3O2. The van der Waals surface area contributed by atoms with Crippen LogP contribution in [0.1, 0.15) is 39.1 Å². The Morgan fingerprint density at radius 1 is 1.11 bits per heavy atom. The number of nitrogens with zero attached hydrogens (tertiary/aromatic N) is 2. The molecule has 4 rings (SSSR count). The molecule has 0 unspecified atom stereocenters. The van der Waals surface area contributed by atoms with Crippen LogP contribution in [-0.2, 0) is 0 Å². The van der Waals surface area contributed by atoms with E-state index in [1.54, 1.807) is 4.90 Å². The fourth-order valence-corrected chi connectivity index (χ4v) is 4.03. The standard InChI is InChI=1S/C21H22FN3O2/c1-14-3-8-18-17(13-14)19(26)23-21(24(18)2)9-11-25(12-10-21)20(27)15-4-6-16(22)7-5-15/h3-8,13H,9-12H2,1-2H3,(H,23,26). The van der Waals surface area contributed by atoms with Crippen LogP contribution in [-0.4, -0.2) is 42.5 Å². The summed E-state index contributed by atoms with van der Waals surface area (Å²) in [5.74, 6) is -0.527. The summed E-state index contributed by atoms with van der Waals surface area (Å²) in [5, 5.41) is 3.17. The molecule has 1 saturated heterocycles. The highest BCUT2D eigenvalue weighted by molar-refractivity contribution is 6.02. The second kappa shape index (κ2) is 6.37. The van der Waals surface area contributed by atoms with Crippen LogP contribution >= 0.6 is 0 Å². The molecule has 6 heteroatoms. The number of rotatable bonds is 1. The number of hydrogen-bond donors (Lipinski definition) is 1. The van der Waals surface area contributed by atoms with Gasteiger partial charge in [-0.1, -0.05) is 11.6 Å². The summed E-state index contributed by atoms with van der Waals surface area (Å²) in [6.07, 6.45) is 1.27. The maximum absolute atomic E-state index is 13.1. The molecule has 0 atom stereocenters. The first kappa shape index (κ1) is 17.5. The van der Waals surface area contributed by atoms with Crippen molar-refractivity contribution in [2.24, 2.45) is 0 Å². The summed E-state index contributed by atoms with van der Waals surface area (Å²) in [5.41, 5.74) is 2.65. The number of piperidine rings is 1. The largest absolute Gasteiger partial charge is 0.351 e. The Morgan fingerprint density at radius 2 is 1.78 bits per heavy atom. The average Bonchev–Trinajstić information content (AvgIpc) is 2.67. The van der Waals surface area contributed by atoms with Gasteiger partial charge in [0.25, 0.3) is 11.8 Å². The molecule has 1 spiro atoms. The van der Waals surface area contributed by atoms with Crippen molar-refractivity contribution in [2.75, 3.05) is 25.0 Å². The van der Waals surface area contributed by atoms with Gasteiger partial charge in [-0.2, -0.15) is 0 Å². The zero-order valence-corrected chi connectivity index (χ0v) is 15.5. The van der Waals surface area contributed by atoms with Crippen LogP contribution in [0.4, 0.5) is 10.1 Å². The van der Waals surface area contributed by atoms with E-state index in [-0.39, 0.29) is 17.6 Å². The minimum atomic E-state index is -0.487. The number of nitrogens with one attached hydrogen (secondary N) is 1. The van der Waals surface area contributed by atoms with E-state index in [9.17, 15) is 14.0 Å². The van der Waals surface area contributed by atoms with Gasteiger partial charge in [-0.25, -0.2) is 4.39 Å². The van der Waals surface area contributed by atoms with Crippen LogP contribution < -0.4 is 10.2 Å². The third-order valence-corrected chi connectivity index (χ3v) is 5.72. The first-order valence-corrected chi connectivity index (χ1v) is 9.11. The predicted octanol–water partition coefficient (Wildman–Crippen LogP) is 2.95. The first-order chi connectivity index (χ1) is 12.9. The number of halogens is 1. The van der Waals surface area contributed by atoms with Crippen LogP contribution in [0.25, 0.3) is 0 Å². The third-order valence-electron chi connectivity index (χ3n) is 5.72. The van der Waals surface area contributed by atoms with Gasteiger partial charge in [0, 0.05) is 38.5 Å². The second-order valence-electron chi connectivity index (χ2n) is 7.36. The Bertz CT molecular complexity index is 902. The van der Waals surface area contributed by atoms with Crippen molar-refractivity contribution in [3.63, 3.8) is 0 Å². The Hall–Kier alpha value is -2.89. The summed E-state index contributed by atoms with van der Waals surface area (Å²) >= 11 is 0. The van der Waals surface area contributed by atoms with Gasteiger partial charge in [0.2, 0.25) is 0 Å². The maximum atomic E-state index is 13.1. The van der Waals surface area contributed by atoms with E-state index in [4.69, 9.17) is 0 Å². The highest BCUT2D eigenvalue weighted by Crippen LogP contribution is 2.36. The molecular weight excluding hydrogens is 345 g/mol. The van der Waals surface area contributed by atoms with E-state index >= 15 is 0 Å². The molecule has 2 aliphatic rings.